The molecular formula is C15H27N3. The van der Waals surface area contributed by atoms with Gasteiger partial charge >= 0.3 is 0 Å². The average Bonchev–Trinajstić information content (AvgIpc) is 2.64. The lowest BCUT2D eigenvalue weighted by molar-refractivity contribution is 0.225. The minimum absolute atomic E-state index is 0.653. The molecule has 0 bridgehead atoms. The summed E-state index contributed by atoms with van der Waals surface area (Å²) in [6, 6.07) is 2.91. The number of aryl methyl sites for hydroxylation is 2. The van der Waals surface area contributed by atoms with Gasteiger partial charge in [0.05, 0.1) is 5.69 Å². The van der Waals surface area contributed by atoms with Crippen LogP contribution < -0.4 is 5.32 Å². The van der Waals surface area contributed by atoms with Crippen LogP contribution in [0.15, 0.2) is 6.07 Å². The molecule has 1 heterocycles. The SMILES string of the molecule is CCCNC(Cc1cc(C)nn1CC)C1CCC1. The lowest BCUT2D eigenvalue weighted by Crippen LogP contribution is -2.41. The van der Waals surface area contributed by atoms with E-state index in [1.165, 1.54) is 31.4 Å². The summed E-state index contributed by atoms with van der Waals surface area (Å²) in [6.07, 6.45) is 6.58. The lowest BCUT2D eigenvalue weighted by Gasteiger charge is -2.34. The van der Waals surface area contributed by atoms with Crippen LogP contribution in [0.5, 0.6) is 0 Å². The van der Waals surface area contributed by atoms with Crippen molar-refractivity contribution < 1.29 is 0 Å². The second-order valence-electron chi connectivity index (χ2n) is 5.55. The number of rotatable bonds is 7. The van der Waals surface area contributed by atoms with Crippen LogP contribution in [-0.2, 0) is 13.0 Å². The summed E-state index contributed by atoms with van der Waals surface area (Å²) in [6.45, 7) is 8.63. The number of nitrogens with zero attached hydrogens (tertiary/aromatic N) is 2. The molecule has 0 spiro atoms. The first-order valence-corrected chi connectivity index (χ1v) is 7.51. The maximum atomic E-state index is 4.55. The van der Waals surface area contributed by atoms with Gasteiger partial charge in [-0.15, -0.1) is 0 Å². The van der Waals surface area contributed by atoms with Gasteiger partial charge in [-0.2, -0.15) is 5.10 Å². The van der Waals surface area contributed by atoms with Crippen molar-refractivity contribution in [3.63, 3.8) is 0 Å². The maximum absolute atomic E-state index is 4.55. The number of aromatic nitrogens is 2. The summed E-state index contributed by atoms with van der Waals surface area (Å²) in [7, 11) is 0. The zero-order valence-electron chi connectivity index (χ0n) is 12.1. The highest BCUT2D eigenvalue weighted by Gasteiger charge is 2.27. The summed E-state index contributed by atoms with van der Waals surface area (Å²) < 4.78 is 2.16. The molecule has 1 aromatic rings. The highest BCUT2D eigenvalue weighted by molar-refractivity contribution is 5.11. The molecule has 1 fully saturated rings. The highest BCUT2D eigenvalue weighted by atomic mass is 15.3. The van der Waals surface area contributed by atoms with E-state index in [0.29, 0.717) is 6.04 Å². The monoisotopic (exact) mass is 249 g/mol. The molecule has 3 heteroatoms. The Bertz CT molecular complexity index is 366. The molecule has 1 aliphatic rings. The molecule has 1 unspecified atom stereocenters. The van der Waals surface area contributed by atoms with Gasteiger partial charge in [0.15, 0.2) is 0 Å². The van der Waals surface area contributed by atoms with Gasteiger partial charge in [0, 0.05) is 24.7 Å². The summed E-state index contributed by atoms with van der Waals surface area (Å²) >= 11 is 0. The number of nitrogens with one attached hydrogen (secondary N) is 1. The van der Waals surface area contributed by atoms with Crippen LogP contribution in [0.25, 0.3) is 0 Å². The summed E-state index contributed by atoms with van der Waals surface area (Å²) in [5, 5.41) is 8.29. The van der Waals surface area contributed by atoms with Crippen molar-refractivity contribution in [2.75, 3.05) is 6.54 Å². The third kappa shape index (κ3) is 3.14. The number of hydrogen-bond acceptors (Lipinski definition) is 2. The van der Waals surface area contributed by atoms with E-state index in [9.17, 15) is 0 Å². The van der Waals surface area contributed by atoms with E-state index in [1.54, 1.807) is 0 Å². The first-order valence-electron chi connectivity index (χ1n) is 7.51. The van der Waals surface area contributed by atoms with Gasteiger partial charge in [-0.1, -0.05) is 13.3 Å². The van der Waals surface area contributed by atoms with Crippen LogP contribution in [0, 0.1) is 12.8 Å². The summed E-state index contributed by atoms with van der Waals surface area (Å²) in [5.74, 6) is 0.886. The van der Waals surface area contributed by atoms with E-state index in [-0.39, 0.29) is 0 Å². The maximum Gasteiger partial charge on any atom is 0.0596 e. The third-order valence-corrected chi connectivity index (χ3v) is 4.09. The Morgan fingerprint density at radius 1 is 1.44 bits per heavy atom. The van der Waals surface area contributed by atoms with E-state index in [2.05, 4.69) is 41.9 Å². The first kappa shape index (κ1) is 13.6. The fraction of sp³-hybridized carbons (Fsp3) is 0.800. The van der Waals surface area contributed by atoms with Crippen molar-refractivity contribution in [2.45, 2.75) is 65.5 Å². The quantitative estimate of drug-likeness (QED) is 0.805. The van der Waals surface area contributed by atoms with E-state index in [4.69, 9.17) is 0 Å². The minimum atomic E-state index is 0.653. The molecule has 0 radical (unpaired) electrons. The van der Waals surface area contributed by atoms with Crippen molar-refractivity contribution >= 4 is 0 Å². The molecule has 1 aromatic heterocycles. The topological polar surface area (TPSA) is 29.9 Å². The molecule has 1 aliphatic carbocycles. The average molecular weight is 249 g/mol. The normalized spacial score (nSPS) is 17.7. The van der Waals surface area contributed by atoms with Gasteiger partial charge in [-0.25, -0.2) is 0 Å². The Morgan fingerprint density at radius 2 is 2.22 bits per heavy atom. The van der Waals surface area contributed by atoms with Gasteiger partial charge in [0.1, 0.15) is 0 Å². The second-order valence-corrected chi connectivity index (χ2v) is 5.55. The zero-order chi connectivity index (χ0) is 13.0. The van der Waals surface area contributed by atoms with Gasteiger partial charge in [-0.05, 0) is 51.6 Å². The minimum Gasteiger partial charge on any atom is -0.313 e. The van der Waals surface area contributed by atoms with Crippen molar-refractivity contribution in [1.82, 2.24) is 15.1 Å². The largest absolute Gasteiger partial charge is 0.313 e. The molecule has 102 valence electrons. The Morgan fingerprint density at radius 3 is 2.78 bits per heavy atom. The molecule has 3 nitrogen and oxygen atoms in total. The summed E-state index contributed by atoms with van der Waals surface area (Å²) in [5.41, 5.74) is 2.55. The Labute approximate surface area is 111 Å². The fourth-order valence-corrected chi connectivity index (χ4v) is 2.84. The van der Waals surface area contributed by atoms with Crippen molar-refractivity contribution in [3.8, 4) is 0 Å². The van der Waals surface area contributed by atoms with Gasteiger partial charge < -0.3 is 5.32 Å². The molecule has 0 aliphatic heterocycles. The Kier molecular flexibility index (Phi) is 4.81. The molecule has 18 heavy (non-hydrogen) atoms. The van der Waals surface area contributed by atoms with Crippen LogP contribution in [-0.4, -0.2) is 22.4 Å². The molecule has 1 saturated carbocycles. The molecule has 0 aromatic carbocycles. The molecule has 0 saturated heterocycles. The second kappa shape index (κ2) is 6.37. The summed E-state index contributed by atoms with van der Waals surface area (Å²) in [4.78, 5) is 0. The van der Waals surface area contributed by atoms with Crippen molar-refractivity contribution in [3.05, 3.63) is 17.5 Å². The Balaban J connectivity index is 2.01. The standard InChI is InChI=1S/C15H27N3/c1-4-9-16-15(13-7-6-8-13)11-14-10-12(3)17-18(14)5-2/h10,13,15-16H,4-9,11H2,1-3H3. The van der Waals surface area contributed by atoms with E-state index >= 15 is 0 Å². The van der Waals surface area contributed by atoms with E-state index < -0.39 is 0 Å². The fourth-order valence-electron chi connectivity index (χ4n) is 2.84. The van der Waals surface area contributed by atoms with Crippen LogP contribution >= 0.6 is 0 Å². The van der Waals surface area contributed by atoms with Gasteiger partial charge in [0.2, 0.25) is 0 Å². The molecular weight excluding hydrogens is 222 g/mol. The first-order chi connectivity index (χ1) is 8.74. The van der Waals surface area contributed by atoms with Crippen LogP contribution in [0.4, 0.5) is 0 Å². The van der Waals surface area contributed by atoms with Crippen LogP contribution in [0.1, 0.15) is 50.9 Å². The van der Waals surface area contributed by atoms with Crippen molar-refractivity contribution in [1.29, 1.82) is 0 Å². The van der Waals surface area contributed by atoms with Gasteiger partial charge in [0.25, 0.3) is 0 Å². The van der Waals surface area contributed by atoms with Crippen molar-refractivity contribution in [2.24, 2.45) is 5.92 Å². The highest BCUT2D eigenvalue weighted by Crippen LogP contribution is 2.31. The predicted molar refractivity (Wildman–Crippen MR) is 75.8 cm³/mol. The molecule has 1 atom stereocenters. The number of hydrogen-bond donors (Lipinski definition) is 1. The molecule has 0 amide bonds. The van der Waals surface area contributed by atoms with E-state index in [0.717, 1.165) is 31.1 Å². The van der Waals surface area contributed by atoms with E-state index in [1.807, 2.05) is 0 Å². The van der Waals surface area contributed by atoms with Crippen LogP contribution in [0.3, 0.4) is 0 Å². The predicted octanol–water partition coefficient (Wildman–Crippen LogP) is 2.92. The lowest BCUT2D eigenvalue weighted by atomic mass is 9.78. The Hall–Kier alpha value is -0.830. The third-order valence-electron chi connectivity index (χ3n) is 4.09. The zero-order valence-corrected chi connectivity index (χ0v) is 12.1. The molecule has 2 rings (SSSR count). The smallest absolute Gasteiger partial charge is 0.0596 e. The molecule has 1 N–H and O–H groups in total. The van der Waals surface area contributed by atoms with Crippen LogP contribution in [0.2, 0.25) is 0 Å². The van der Waals surface area contributed by atoms with Gasteiger partial charge in [-0.3, -0.25) is 4.68 Å².